The number of carbonyl (C=O) groups excluding carboxylic acids is 1. The number of ether oxygens (including phenoxy) is 2. The number of amidine groups is 1. The largest absolute Gasteiger partial charge is 0.497 e. The van der Waals surface area contributed by atoms with Crippen molar-refractivity contribution >= 4 is 63.2 Å². The van der Waals surface area contributed by atoms with E-state index in [1.54, 1.807) is 36.3 Å². The van der Waals surface area contributed by atoms with Crippen LogP contribution in [0.3, 0.4) is 0 Å². The number of methoxy groups -OCH3 is 1. The Kier molecular flexibility index (Phi) is 8.53. The van der Waals surface area contributed by atoms with Crippen LogP contribution in [0.2, 0.25) is 0 Å². The molecule has 1 fully saturated rings. The average molecular weight is 624 g/mol. The molecule has 0 aliphatic carbocycles. The lowest BCUT2D eigenvalue weighted by atomic mass is 10.1. The molecule has 0 aromatic heterocycles. The number of nitrogens with zero attached hydrogens (tertiary/aromatic N) is 2. The normalized spacial score (nSPS) is 15.2. The van der Waals surface area contributed by atoms with Crippen molar-refractivity contribution in [1.82, 2.24) is 4.90 Å². The third kappa shape index (κ3) is 6.53. The van der Waals surface area contributed by atoms with Gasteiger partial charge in [-0.25, -0.2) is 9.79 Å². The van der Waals surface area contributed by atoms with Crippen LogP contribution in [-0.2, 0) is 11.3 Å². The van der Waals surface area contributed by atoms with Gasteiger partial charge in [-0.2, -0.15) is 0 Å². The van der Waals surface area contributed by atoms with Crippen LogP contribution < -0.4 is 9.47 Å². The number of amides is 1. The summed E-state index contributed by atoms with van der Waals surface area (Å²) in [5, 5.41) is 9.70. The number of carboxylic acid groups (broad SMARTS) is 1. The number of hydrogen-bond acceptors (Lipinski definition) is 6. The second-order valence-electron chi connectivity index (χ2n) is 7.78. The lowest BCUT2D eigenvalue weighted by molar-refractivity contribution is -0.122. The van der Waals surface area contributed by atoms with Crippen LogP contribution in [0, 0.1) is 15.9 Å². The third-order valence-electron chi connectivity index (χ3n) is 5.29. The minimum Gasteiger partial charge on any atom is -0.497 e. The Morgan fingerprint density at radius 3 is 2.51 bits per heavy atom. The SMILES string of the molecule is C#CCOc1ccc(/C=C2\SC(=Nc3ccc(OC)cc3)N(Cc3ccc(C(=O)O)cc3)C2=O)cc1I. The van der Waals surface area contributed by atoms with E-state index in [4.69, 9.17) is 20.9 Å². The van der Waals surface area contributed by atoms with E-state index in [2.05, 4.69) is 28.5 Å². The predicted molar refractivity (Wildman–Crippen MR) is 153 cm³/mol. The molecule has 0 spiro atoms. The highest BCUT2D eigenvalue weighted by molar-refractivity contribution is 14.1. The number of aromatic carboxylic acids is 1. The van der Waals surface area contributed by atoms with Gasteiger partial charge < -0.3 is 14.6 Å². The average Bonchev–Trinajstić information content (AvgIpc) is 3.17. The smallest absolute Gasteiger partial charge is 0.335 e. The molecule has 3 aromatic carbocycles. The van der Waals surface area contributed by atoms with Crippen LogP contribution in [0.1, 0.15) is 21.5 Å². The molecule has 1 aliphatic rings. The Hall–Kier alpha value is -3.75. The summed E-state index contributed by atoms with van der Waals surface area (Å²) in [7, 11) is 1.59. The number of carboxylic acids is 1. The van der Waals surface area contributed by atoms with Crippen molar-refractivity contribution in [3.63, 3.8) is 0 Å². The van der Waals surface area contributed by atoms with Crippen LogP contribution in [0.4, 0.5) is 5.69 Å². The van der Waals surface area contributed by atoms with E-state index in [-0.39, 0.29) is 24.6 Å². The number of thioether (sulfide) groups is 1. The standard InChI is InChI=1S/C28H21IN2O5S/c1-3-14-36-24-13-6-19(15-23(24)29)16-25-26(32)31(17-18-4-7-20(8-5-18)27(33)34)28(37-25)30-21-9-11-22(35-2)12-10-21/h1,4-13,15-16H,14,17H2,2H3,(H,33,34)/b25-16-,30-28?. The molecule has 0 atom stereocenters. The molecule has 7 nitrogen and oxygen atoms in total. The summed E-state index contributed by atoms with van der Waals surface area (Å²) < 4.78 is 11.6. The topological polar surface area (TPSA) is 88.4 Å². The summed E-state index contributed by atoms with van der Waals surface area (Å²) in [5.74, 6) is 2.64. The van der Waals surface area contributed by atoms with E-state index >= 15 is 0 Å². The fourth-order valence-corrected chi connectivity index (χ4v) is 5.12. The summed E-state index contributed by atoms with van der Waals surface area (Å²) in [6.45, 7) is 0.423. The monoisotopic (exact) mass is 624 g/mol. The molecule has 4 rings (SSSR count). The van der Waals surface area contributed by atoms with E-state index < -0.39 is 5.97 Å². The van der Waals surface area contributed by atoms with Crippen molar-refractivity contribution in [2.24, 2.45) is 4.99 Å². The molecule has 37 heavy (non-hydrogen) atoms. The van der Waals surface area contributed by atoms with E-state index in [1.807, 2.05) is 36.4 Å². The van der Waals surface area contributed by atoms with Crippen LogP contribution in [0.25, 0.3) is 6.08 Å². The zero-order valence-corrected chi connectivity index (χ0v) is 22.7. The van der Waals surface area contributed by atoms with Gasteiger partial charge in [0.2, 0.25) is 0 Å². The van der Waals surface area contributed by atoms with Crippen molar-refractivity contribution in [3.05, 3.63) is 91.9 Å². The maximum absolute atomic E-state index is 13.5. The van der Waals surface area contributed by atoms with Crippen molar-refractivity contribution in [2.45, 2.75) is 6.54 Å². The summed E-state index contributed by atoms with van der Waals surface area (Å²) in [5.41, 5.74) is 2.48. The fraction of sp³-hybridized carbons (Fsp3) is 0.107. The molecule has 186 valence electrons. The molecule has 1 N–H and O–H groups in total. The number of aliphatic imine (C=N–C) groups is 1. The summed E-state index contributed by atoms with van der Waals surface area (Å²) in [4.78, 5) is 31.5. The van der Waals surface area contributed by atoms with E-state index in [9.17, 15) is 14.7 Å². The van der Waals surface area contributed by atoms with Crippen molar-refractivity contribution in [2.75, 3.05) is 13.7 Å². The molecule has 3 aromatic rings. The maximum atomic E-state index is 13.5. The van der Waals surface area contributed by atoms with Crippen molar-refractivity contribution < 1.29 is 24.2 Å². The van der Waals surface area contributed by atoms with Crippen LogP contribution in [0.15, 0.2) is 76.6 Å². The molecule has 0 saturated carbocycles. The predicted octanol–water partition coefficient (Wildman–Crippen LogP) is 5.81. The summed E-state index contributed by atoms with van der Waals surface area (Å²) >= 11 is 3.45. The number of terminal acetylenes is 1. The molecule has 1 saturated heterocycles. The Labute approximate surface area is 232 Å². The molecule has 1 amide bonds. The van der Waals surface area contributed by atoms with Gasteiger partial charge in [0.05, 0.1) is 33.4 Å². The molecule has 0 bridgehead atoms. The first-order valence-corrected chi connectivity index (χ1v) is 12.9. The molecule has 0 unspecified atom stereocenters. The Morgan fingerprint density at radius 2 is 1.89 bits per heavy atom. The number of carbonyl (C=O) groups is 2. The molecular formula is C28H21IN2O5S. The van der Waals surface area contributed by atoms with Gasteiger partial charge in [-0.05, 0) is 100 Å². The van der Waals surface area contributed by atoms with E-state index in [0.29, 0.717) is 27.3 Å². The second-order valence-corrected chi connectivity index (χ2v) is 9.95. The van der Waals surface area contributed by atoms with E-state index in [0.717, 1.165) is 14.7 Å². The van der Waals surface area contributed by atoms with Gasteiger partial charge in [-0.3, -0.25) is 9.69 Å². The molecule has 1 heterocycles. The minimum absolute atomic E-state index is 0.179. The first-order valence-electron chi connectivity index (χ1n) is 11.0. The lowest BCUT2D eigenvalue weighted by Crippen LogP contribution is -2.28. The number of halogens is 1. The Balaban J connectivity index is 1.65. The van der Waals surface area contributed by atoms with Gasteiger partial charge in [0.15, 0.2) is 5.17 Å². The number of rotatable bonds is 8. The van der Waals surface area contributed by atoms with Crippen molar-refractivity contribution in [3.8, 4) is 23.8 Å². The van der Waals surface area contributed by atoms with Gasteiger partial charge in [0.25, 0.3) is 5.91 Å². The van der Waals surface area contributed by atoms with Crippen molar-refractivity contribution in [1.29, 1.82) is 0 Å². The lowest BCUT2D eigenvalue weighted by Gasteiger charge is -2.16. The van der Waals surface area contributed by atoms with Gasteiger partial charge >= 0.3 is 5.97 Å². The first kappa shape index (κ1) is 26.3. The third-order valence-corrected chi connectivity index (χ3v) is 7.14. The van der Waals surface area contributed by atoms with Gasteiger partial charge in [0, 0.05) is 0 Å². The van der Waals surface area contributed by atoms with Crippen LogP contribution in [0.5, 0.6) is 11.5 Å². The molecular weight excluding hydrogens is 603 g/mol. The second kappa shape index (κ2) is 12.0. The Bertz CT molecular complexity index is 1430. The highest BCUT2D eigenvalue weighted by Gasteiger charge is 2.33. The van der Waals surface area contributed by atoms with Gasteiger partial charge in [-0.1, -0.05) is 24.1 Å². The van der Waals surface area contributed by atoms with Gasteiger partial charge in [-0.15, -0.1) is 6.42 Å². The minimum atomic E-state index is -1.00. The molecule has 0 radical (unpaired) electrons. The summed E-state index contributed by atoms with van der Waals surface area (Å²) in [6, 6.07) is 19.3. The number of hydrogen-bond donors (Lipinski definition) is 1. The quantitative estimate of drug-likeness (QED) is 0.193. The zero-order valence-electron chi connectivity index (χ0n) is 19.7. The number of benzene rings is 3. The van der Waals surface area contributed by atoms with Gasteiger partial charge in [0.1, 0.15) is 18.1 Å². The zero-order chi connectivity index (χ0) is 26.4. The highest BCUT2D eigenvalue weighted by atomic mass is 127. The van der Waals surface area contributed by atoms with E-state index in [1.165, 1.54) is 23.9 Å². The maximum Gasteiger partial charge on any atom is 0.335 e. The molecule has 9 heteroatoms. The van der Waals surface area contributed by atoms with Crippen LogP contribution >= 0.6 is 34.4 Å². The first-order chi connectivity index (χ1) is 17.9. The summed E-state index contributed by atoms with van der Waals surface area (Å²) in [6.07, 6.45) is 7.09. The molecule has 1 aliphatic heterocycles. The van der Waals surface area contributed by atoms with Crippen LogP contribution in [-0.4, -0.2) is 40.8 Å². The highest BCUT2D eigenvalue weighted by Crippen LogP contribution is 2.36. The Morgan fingerprint density at radius 1 is 1.16 bits per heavy atom. The fourth-order valence-electron chi connectivity index (χ4n) is 3.43.